The molecule has 1 saturated heterocycles. The van der Waals surface area contributed by atoms with Gasteiger partial charge in [0.15, 0.2) is 11.5 Å². The molecule has 6 nitrogen and oxygen atoms in total. The van der Waals surface area contributed by atoms with Crippen LogP contribution < -0.4 is 4.90 Å². The molecule has 1 aliphatic heterocycles. The van der Waals surface area contributed by atoms with Gasteiger partial charge in [-0.15, -0.1) is 0 Å². The summed E-state index contributed by atoms with van der Waals surface area (Å²) in [6.07, 6.45) is 6.27. The number of pyridine rings is 1. The first-order chi connectivity index (χ1) is 10.7. The zero-order chi connectivity index (χ0) is 15.4. The summed E-state index contributed by atoms with van der Waals surface area (Å²) in [5, 5.41) is 9.31. The Kier molecular flexibility index (Phi) is 4.27. The van der Waals surface area contributed by atoms with E-state index in [-0.39, 0.29) is 5.69 Å². The van der Waals surface area contributed by atoms with Gasteiger partial charge in [-0.25, -0.2) is 14.8 Å². The van der Waals surface area contributed by atoms with E-state index in [9.17, 15) is 9.90 Å². The van der Waals surface area contributed by atoms with Crippen LogP contribution in [0.5, 0.6) is 0 Å². The van der Waals surface area contributed by atoms with Gasteiger partial charge in [-0.1, -0.05) is 18.9 Å². The van der Waals surface area contributed by atoms with Gasteiger partial charge in [0.1, 0.15) is 11.5 Å². The van der Waals surface area contributed by atoms with Crippen LogP contribution in [0.25, 0.3) is 11.5 Å². The molecule has 1 fully saturated rings. The molecule has 2 aromatic heterocycles. The highest BCUT2D eigenvalue weighted by atomic mass is 16.4. The molecule has 3 rings (SSSR count). The van der Waals surface area contributed by atoms with E-state index >= 15 is 0 Å². The van der Waals surface area contributed by atoms with Gasteiger partial charge in [0.2, 0.25) is 0 Å². The highest BCUT2D eigenvalue weighted by Gasteiger charge is 2.17. The molecule has 22 heavy (non-hydrogen) atoms. The molecule has 0 radical (unpaired) electrons. The third-order valence-electron chi connectivity index (χ3n) is 3.76. The molecule has 0 saturated carbocycles. The summed E-state index contributed by atoms with van der Waals surface area (Å²) >= 11 is 0. The summed E-state index contributed by atoms with van der Waals surface area (Å²) in [6.45, 7) is 1.80. The summed E-state index contributed by atoms with van der Waals surface area (Å²) in [4.78, 5) is 26.4. The number of rotatable bonds is 3. The number of aromatic carboxylic acids is 1. The van der Waals surface area contributed by atoms with Gasteiger partial charge < -0.3 is 10.0 Å². The molecule has 1 N–H and O–H groups in total. The normalized spacial score (nSPS) is 15.4. The van der Waals surface area contributed by atoms with Gasteiger partial charge in [-0.2, -0.15) is 0 Å². The van der Waals surface area contributed by atoms with Gasteiger partial charge in [0, 0.05) is 25.4 Å². The number of hydrogen-bond acceptors (Lipinski definition) is 5. The maximum atomic E-state index is 11.4. The lowest BCUT2D eigenvalue weighted by Crippen LogP contribution is -2.25. The second-order valence-corrected chi connectivity index (χ2v) is 5.36. The lowest BCUT2D eigenvalue weighted by molar-refractivity contribution is 0.0690. The van der Waals surface area contributed by atoms with Crippen LogP contribution >= 0.6 is 0 Å². The molecule has 0 atom stereocenters. The number of carboxylic acid groups (broad SMARTS) is 1. The van der Waals surface area contributed by atoms with E-state index in [0.717, 1.165) is 25.9 Å². The lowest BCUT2D eigenvalue weighted by Gasteiger charge is -2.22. The van der Waals surface area contributed by atoms with Crippen molar-refractivity contribution >= 4 is 11.8 Å². The molecule has 0 aromatic carbocycles. The standard InChI is InChI=1S/C16H18N4O2/c21-16(22)13-11-14(20-9-5-1-2-6-10-20)19-15(18-13)12-7-3-4-8-17-12/h3-4,7-8,11H,1-2,5-6,9-10H2,(H,21,22). The molecule has 0 unspecified atom stereocenters. The topological polar surface area (TPSA) is 79.2 Å². The number of carboxylic acids is 1. The average Bonchev–Trinajstić information content (AvgIpc) is 2.84. The van der Waals surface area contributed by atoms with E-state index in [4.69, 9.17) is 0 Å². The Morgan fingerprint density at radius 3 is 2.50 bits per heavy atom. The number of nitrogens with zero attached hydrogens (tertiary/aromatic N) is 4. The fourth-order valence-electron chi connectivity index (χ4n) is 2.62. The zero-order valence-electron chi connectivity index (χ0n) is 12.3. The predicted octanol–water partition coefficient (Wildman–Crippen LogP) is 2.62. The molecule has 0 amide bonds. The van der Waals surface area contributed by atoms with Crippen LogP contribution in [0.1, 0.15) is 36.2 Å². The van der Waals surface area contributed by atoms with Crippen molar-refractivity contribution in [3.63, 3.8) is 0 Å². The fourth-order valence-corrected chi connectivity index (χ4v) is 2.62. The van der Waals surface area contributed by atoms with Crippen LogP contribution in [0.4, 0.5) is 5.82 Å². The Labute approximate surface area is 128 Å². The Morgan fingerprint density at radius 1 is 1.09 bits per heavy atom. The number of hydrogen-bond donors (Lipinski definition) is 1. The van der Waals surface area contributed by atoms with E-state index in [2.05, 4.69) is 19.9 Å². The maximum absolute atomic E-state index is 11.4. The predicted molar refractivity (Wildman–Crippen MR) is 82.9 cm³/mol. The zero-order valence-corrected chi connectivity index (χ0v) is 12.3. The summed E-state index contributed by atoms with van der Waals surface area (Å²) in [6, 6.07) is 6.98. The minimum absolute atomic E-state index is 0.00917. The first-order valence-electron chi connectivity index (χ1n) is 7.53. The van der Waals surface area contributed by atoms with E-state index in [1.54, 1.807) is 24.4 Å². The second-order valence-electron chi connectivity index (χ2n) is 5.36. The molecule has 6 heteroatoms. The molecule has 0 bridgehead atoms. The third kappa shape index (κ3) is 3.21. The Morgan fingerprint density at radius 2 is 1.86 bits per heavy atom. The van der Waals surface area contributed by atoms with E-state index < -0.39 is 5.97 Å². The summed E-state index contributed by atoms with van der Waals surface area (Å²) < 4.78 is 0. The van der Waals surface area contributed by atoms with Crippen molar-refractivity contribution in [2.24, 2.45) is 0 Å². The van der Waals surface area contributed by atoms with Gasteiger partial charge in [0.25, 0.3) is 0 Å². The summed E-state index contributed by atoms with van der Waals surface area (Å²) in [7, 11) is 0. The lowest BCUT2D eigenvalue weighted by atomic mass is 10.2. The van der Waals surface area contributed by atoms with Crippen molar-refractivity contribution in [2.45, 2.75) is 25.7 Å². The van der Waals surface area contributed by atoms with Gasteiger partial charge in [-0.05, 0) is 25.0 Å². The highest BCUT2D eigenvalue weighted by molar-refractivity contribution is 5.86. The highest BCUT2D eigenvalue weighted by Crippen LogP contribution is 2.21. The minimum atomic E-state index is -1.05. The van der Waals surface area contributed by atoms with Crippen molar-refractivity contribution in [1.82, 2.24) is 15.0 Å². The fraction of sp³-hybridized carbons (Fsp3) is 0.375. The SMILES string of the molecule is O=C(O)c1cc(N2CCCCCC2)nc(-c2ccccn2)n1. The molecular weight excluding hydrogens is 280 g/mol. The molecular formula is C16H18N4O2. The van der Waals surface area contributed by atoms with E-state index in [0.29, 0.717) is 17.3 Å². The molecule has 1 aliphatic rings. The smallest absolute Gasteiger partial charge is 0.354 e. The van der Waals surface area contributed by atoms with Crippen LogP contribution in [0.3, 0.4) is 0 Å². The van der Waals surface area contributed by atoms with Crippen LogP contribution in [0.15, 0.2) is 30.5 Å². The average molecular weight is 298 g/mol. The quantitative estimate of drug-likeness (QED) is 0.938. The second kappa shape index (κ2) is 6.51. The monoisotopic (exact) mass is 298 g/mol. The number of anilines is 1. The molecule has 0 spiro atoms. The maximum Gasteiger partial charge on any atom is 0.354 e. The molecule has 3 heterocycles. The Bertz CT molecular complexity index is 652. The van der Waals surface area contributed by atoms with Crippen molar-refractivity contribution < 1.29 is 9.90 Å². The minimum Gasteiger partial charge on any atom is -0.477 e. The first kappa shape index (κ1) is 14.4. The summed E-state index contributed by atoms with van der Waals surface area (Å²) in [5.41, 5.74) is 0.594. The van der Waals surface area contributed by atoms with Crippen molar-refractivity contribution in [3.05, 3.63) is 36.2 Å². The Hall–Kier alpha value is -2.50. The molecule has 0 aliphatic carbocycles. The van der Waals surface area contributed by atoms with Crippen molar-refractivity contribution in [2.75, 3.05) is 18.0 Å². The molecule has 114 valence electrons. The van der Waals surface area contributed by atoms with Crippen LogP contribution in [-0.2, 0) is 0 Å². The van der Waals surface area contributed by atoms with E-state index in [1.807, 2.05) is 6.07 Å². The first-order valence-corrected chi connectivity index (χ1v) is 7.53. The number of carbonyl (C=O) groups is 1. The van der Waals surface area contributed by atoms with E-state index in [1.165, 1.54) is 12.8 Å². The summed E-state index contributed by atoms with van der Waals surface area (Å²) in [5.74, 6) is -0.00893. The van der Waals surface area contributed by atoms with Gasteiger partial charge in [0.05, 0.1) is 0 Å². The van der Waals surface area contributed by atoms with Crippen molar-refractivity contribution in [3.8, 4) is 11.5 Å². The largest absolute Gasteiger partial charge is 0.477 e. The Balaban J connectivity index is 2.02. The van der Waals surface area contributed by atoms with Gasteiger partial charge >= 0.3 is 5.97 Å². The van der Waals surface area contributed by atoms with Crippen LogP contribution in [0, 0.1) is 0 Å². The van der Waals surface area contributed by atoms with Crippen LogP contribution in [0.2, 0.25) is 0 Å². The number of aromatic nitrogens is 3. The third-order valence-corrected chi connectivity index (χ3v) is 3.76. The van der Waals surface area contributed by atoms with Gasteiger partial charge in [-0.3, -0.25) is 4.98 Å². The van der Waals surface area contributed by atoms with Crippen molar-refractivity contribution in [1.29, 1.82) is 0 Å². The molecule has 2 aromatic rings. The van der Waals surface area contributed by atoms with Crippen LogP contribution in [-0.4, -0.2) is 39.1 Å².